The Morgan fingerprint density at radius 1 is 1.42 bits per heavy atom. The molecule has 1 aromatic heterocycles. The minimum atomic E-state index is 0.195. The third kappa shape index (κ3) is 1.13. The third-order valence-corrected chi connectivity index (χ3v) is 2.40. The van der Waals surface area contributed by atoms with Gasteiger partial charge >= 0.3 is 0 Å². The molecule has 0 aliphatic carbocycles. The van der Waals surface area contributed by atoms with Crippen LogP contribution in [0.3, 0.4) is 0 Å². The fourth-order valence-electron chi connectivity index (χ4n) is 1.34. The van der Waals surface area contributed by atoms with E-state index >= 15 is 0 Å². The lowest BCUT2D eigenvalue weighted by atomic mass is 10.1. The average molecular weight is 204 g/mol. The summed E-state index contributed by atoms with van der Waals surface area (Å²) in [6.45, 7) is 2.92. The summed E-state index contributed by atoms with van der Waals surface area (Å²) < 4.78 is 0. The first-order chi connectivity index (χ1) is 5.68. The molecule has 0 aromatic carbocycles. The van der Waals surface area contributed by atoms with E-state index in [1.807, 2.05) is 0 Å². The second kappa shape index (κ2) is 2.75. The lowest BCUT2D eigenvalue weighted by molar-refractivity contribution is 0.849. The summed E-state index contributed by atoms with van der Waals surface area (Å²) in [6.07, 6.45) is 0. The van der Waals surface area contributed by atoms with E-state index in [4.69, 9.17) is 23.2 Å². The Balaban J connectivity index is 2.60. The Kier molecular flexibility index (Phi) is 1.85. The molecule has 0 bridgehead atoms. The minimum Gasteiger partial charge on any atom is -0.369 e. The highest BCUT2D eigenvalue weighted by Crippen LogP contribution is 2.34. The van der Waals surface area contributed by atoms with Crippen LogP contribution in [0.5, 0.6) is 0 Å². The number of hydrogen-bond donors (Lipinski definition) is 1. The van der Waals surface area contributed by atoms with Crippen LogP contribution in [0.1, 0.15) is 18.4 Å². The van der Waals surface area contributed by atoms with Gasteiger partial charge in [0.1, 0.15) is 11.0 Å². The van der Waals surface area contributed by atoms with E-state index in [0.717, 1.165) is 17.9 Å². The van der Waals surface area contributed by atoms with Crippen LogP contribution in [0, 0.1) is 0 Å². The molecular formula is C7H7Cl2N3. The number of nitrogens with one attached hydrogen (secondary N) is 1. The summed E-state index contributed by atoms with van der Waals surface area (Å²) in [5.41, 5.74) is 0.973. The van der Waals surface area contributed by atoms with Crippen molar-refractivity contribution in [3.63, 3.8) is 0 Å². The molecule has 1 atom stereocenters. The van der Waals surface area contributed by atoms with Crippen LogP contribution in [0.4, 0.5) is 5.82 Å². The monoisotopic (exact) mass is 203 g/mol. The van der Waals surface area contributed by atoms with Crippen molar-refractivity contribution in [1.29, 1.82) is 0 Å². The van der Waals surface area contributed by atoms with Gasteiger partial charge in [-0.25, -0.2) is 9.97 Å². The van der Waals surface area contributed by atoms with Gasteiger partial charge in [0.2, 0.25) is 5.28 Å². The standard InChI is InChI=1S/C7H7Cl2N3/c1-3-2-10-6-4(3)5(8)11-7(9)12-6/h3H,2H2,1H3,(H,10,11,12). The third-order valence-electron chi connectivity index (χ3n) is 1.94. The second-order valence-electron chi connectivity index (χ2n) is 2.83. The minimum absolute atomic E-state index is 0.195. The lowest BCUT2D eigenvalue weighted by Gasteiger charge is -2.02. The van der Waals surface area contributed by atoms with Crippen molar-refractivity contribution in [2.24, 2.45) is 0 Å². The van der Waals surface area contributed by atoms with Gasteiger partial charge in [0, 0.05) is 18.0 Å². The predicted molar refractivity (Wildman–Crippen MR) is 49.0 cm³/mol. The van der Waals surface area contributed by atoms with E-state index in [0.29, 0.717) is 11.1 Å². The molecule has 0 saturated heterocycles. The first kappa shape index (κ1) is 8.08. The van der Waals surface area contributed by atoms with Gasteiger partial charge in [-0.15, -0.1) is 0 Å². The SMILES string of the molecule is CC1CNc2nc(Cl)nc(Cl)c21. The quantitative estimate of drug-likeness (QED) is 0.520. The van der Waals surface area contributed by atoms with Crippen molar-refractivity contribution in [1.82, 2.24) is 9.97 Å². The van der Waals surface area contributed by atoms with E-state index in [-0.39, 0.29) is 5.28 Å². The van der Waals surface area contributed by atoms with Crippen LogP contribution in [-0.2, 0) is 0 Å². The number of rotatable bonds is 0. The van der Waals surface area contributed by atoms with Crippen molar-refractivity contribution < 1.29 is 0 Å². The fraction of sp³-hybridized carbons (Fsp3) is 0.429. The number of hydrogen-bond acceptors (Lipinski definition) is 3. The molecule has 0 radical (unpaired) electrons. The van der Waals surface area contributed by atoms with Gasteiger partial charge in [-0.2, -0.15) is 0 Å². The molecule has 2 rings (SSSR count). The fourth-order valence-corrected chi connectivity index (χ4v) is 1.91. The van der Waals surface area contributed by atoms with Gasteiger partial charge in [-0.3, -0.25) is 0 Å². The number of aromatic nitrogens is 2. The Labute approximate surface area is 80.1 Å². The van der Waals surface area contributed by atoms with Gasteiger partial charge in [0.25, 0.3) is 0 Å². The highest BCUT2D eigenvalue weighted by Gasteiger charge is 2.23. The lowest BCUT2D eigenvalue weighted by Crippen LogP contribution is -1.96. The Hall–Kier alpha value is -0.540. The molecule has 64 valence electrons. The first-order valence-electron chi connectivity index (χ1n) is 3.65. The van der Waals surface area contributed by atoms with Gasteiger partial charge in [-0.05, 0) is 11.6 Å². The summed E-state index contributed by atoms with van der Waals surface area (Å²) >= 11 is 11.5. The van der Waals surface area contributed by atoms with Crippen molar-refractivity contribution in [3.05, 3.63) is 16.0 Å². The Bertz CT molecular complexity index is 327. The zero-order valence-corrected chi connectivity index (χ0v) is 7.95. The maximum Gasteiger partial charge on any atom is 0.225 e. The molecule has 1 aliphatic heterocycles. The average Bonchev–Trinajstić information content (AvgIpc) is 2.31. The normalized spacial score (nSPS) is 20.4. The molecule has 1 aromatic rings. The maximum atomic E-state index is 5.89. The first-order valence-corrected chi connectivity index (χ1v) is 4.41. The molecule has 12 heavy (non-hydrogen) atoms. The zero-order chi connectivity index (χ0) is 8.72. The molecule has 5 heteroatoms. The van der Waals surface area contributed by atoms with Gasteiger partial charge in [-0.1, -0.05) is 18.5 Å². The molecule has 0 saturated carbocycles. The van der Waals surface area contributed by atoms with E-state index in [9.17, 15) is 0 Å². The number of fused-ring (bicyclic) bond motifs is 1. The van der Waals surface area contributed by atoms with Crippen LogP contribution in [-0.4, -0.2) is 16.5 Å². The van der Waals surface area contributed by atoms with Crippen molar-refractivity contribution in [2.75, 3.05) is 11.9 Å². The van der Waals surface area contributed by atoms with E-state index < -0.39 is 0 Å². The van der Waals surface area contributed by atoms with Crippen LogP contribution in [0.15, 0.2) is 0 Å². The number of anilines is 1. The number of nitrogens with zero attached hydrogens (tertiary/aromatic N) is 2. The molecule has 3 nitrogen and oxygen atoms in total. The molecule has 0 fully saturated rings. The molecule has 1 aliphatic rings. The number of halogens is 2. The van der Waals surface area contributed by atoms with Gasteiger partial charge in [0.15, 0.2) is 0 Å². The molecule has 1 unspecified atom stereocenters. The maximum absolute atomic E-state index is 5.89. The summed E-state index contributed by atoms with van der Waals surface area (Å²) in [7, 11) is 0. The van der Waals surface area contributed by atoms with Crippen molar-refractivity contribution in [3.8, 4) is 0 Å². The van der Waals surface area contributed by atoms with E-state index in [1.165, 1.54) is 0 Å². The van der Waals surface area contributed by atoms with E-state index in [2.05, 4.69) is 22.2 Å². The van der Waals surface area contributed by atoms with Crippen LogP contribution in [0.2, 0.25) is 10.4 Å². The summed E-state index contributed by atoms with van der Waals surface area (Å²) in [6, 6.07) is 0. The summed E-state index contributed by atoms with van der Waals surface area (Å²) in [5, 5.41) is 3.77. The molecule has 0 amide bonds. The zero-order valence-electron chi connectivity index (χ0n) is 6.43. The van der Waals surface area contributed by atoms with Crippen molar-refractivity contribution >= 4 is 29.0 Å². The van der Waals surface area contributed by atoms with Crippen LogP contribution in [0.25, 0.3) is 0 Å². The predicted octanol–water partition coefficient (Wildman–Crippen LogP) is 2.31. The van der Waals surface area contributed by atoms with Crippen LogP contribution < -0.4 is 5.32 Å². The van der Waals surface area contributed by atoms with Crippen molar-refractivity contribution in [2.45, 2.75) is 12.8 Å². The van der Waals surface area contributed by atoms with E-state index in [1.54, 1.807) is 0 Å². The molecule has 1 N–H and O–H groups in total. The van der Waals surface area contributed by atoms with Gasteiger partial charge in [0.05, 0.1) is 0 Å². The van der Waals surface area contributed by atoms with Crippen LogP contribution >= 0.6 is 23.2 Å². The Morgan fingerprint density at radius 3 is 2.92 bits per heavy atom. The van der Waals surface area contributed by atoms with Gasteiger partial charge < -0.3 is 5.32 Å². The summed E-state index contributed by atoms with van der Waals surface area (Å²) in [4.78, 5) is 7.90. The second-order valence-corrected chi connectivity index (χ2v) is 3.52. The highest BCUT2D eigenvalue weighted by molar-refractivity contribution is 6.32. The summed E-state index contributed by atoms with van der Waals surface area (Å²) in [5.74, 6) is 1.14. The Morgan fingerprint density at radius 2 is 2.17 bits per heavy atom. The topological polar surface area (TPSA) is 37.8 Å². The highest BCUT2D eigenvalue weighted by atomic mass is 35.5. The largest absolute Gasteiger partial charge is 0.369 e. The molecule has 2 heterocycles. The molecular weight excluding hydrogens is 197 g/mol. The smallest absolute Gasteiger partial charge is 0.225 e. The molecule has 0 spiro atoms.